The summed E-state index contributed by atoms with van der Waals surface area (Å²) in [6.45, 7) is 0. The fourth-order valence-electron chi connectivity index (χ4n) is 9.70. The zero-order valence-electron chi connectivity index (χ0n) is 31.3. The second-order valence-corrected chi connectivity index (χ2v) is 15.3. The molecule has 3 nitrogen and oxygen atoms in total. The van der Waals surface area contributed by atoms with Crippen molar-refractivity contribution in [2.24, 2.45) is 0 Å². The molecule has 1 aliphatic rings. The Hall–Kier alpha value is -7.36. The van der Waals surface area contributed by atoms with E-state index in [-0.39, 0.29) is 0 Å². The maximum Gasteiger partial charge on any atom is 0.0562 e. The molecule has 11 aromatic rings. The van der Waals surface area contributed by atoms with E-state index < -0.39 is 0 Å². The second-order valence-electron chi connectivity index (χ2n) is 15.3. The number of hydrogen-bond donors (Lipinski definition) is 0. The lowest BCUT2D eigenvalue weighted by Crippen LogP contribution is -2.01. The highest BCUT2D eigenvalue weighted by Gasteiger charge is 2.23. The van der Waals surface area contributed by atoms with Gasteiger partial charge in [0.15, 0.2) is 0 Å². The molecule has 0 N–H and O–H groups in total. The molecule has 0 fully saturated rings. The first kappa shape index (κ1) is 31.9. The molecule has 1 aliphatic carbocycles. The molecule has 0 saturated carbocycles. The number of rotatable bonds is 5. The zero-order chi connectivity index (χ0) is 37.5. The van der Waals surface area contributed by atoms with Crippen LogP contribution in [0.25, 0.3) is 93.6 Å². The standard InChI is InChI=1S/C54H37N3/c1-3-17-36(18-4-1)38-33-39(37-19-5-2-6-20-37)35-40(34-38)55-47-27-13-9-23-43(47)53-49(55)29-15-31-51(53)57-48-28-14-10-24-44(48)54-50(30-16-32-52(54)57)56-45-25-11-7-21-41(45)42-22-8-12-26-46(42)56/h1-19,21-35,37H,20H2. The molecule has 57 heavy (non-hydrogen) atoms. The largest absolute Gasteiger partial charge is 0.309 e. The summed E-state index contributed by atoms with van der Waals surface area (Å²) in [5, 5.41) is 7.49. The topological polar surface area (TPSA) is 14.8 Å². The normalized spacial score (nSPS) is 14.3. The molecular formula is C54H37N3. The molecule has 8 aromatic carbocycles. The van der Waals surface area contributed by atoms with Gasteiger partial charge in [-0.05, 0) is 83.8 Å². The summed E-state index contributed by atoms with van der Waals surface area (Å²) in [6.07, 6.45) is 9.97. The van der Waals surface area contributed by atoms with Gasteiger partial charge in [0, 0.05) is 43.9 Å². The molecule has 3 heterocycles. The van der Waals surface area contributed by atoms with Crippen LogP contribution >= 0.6 is 0 Å². The number of allylic oxidation sites excluding steroid dienone is 4. The highest BCUT2D eigenvalue weighted by molar-refractivity contribution is 6.19. The smallest absolute Gasteiger partial charge is 0.0562 e. The van der Waals surface area contributed by atoms with Gasteiger partial charge in [-0.25, -0.2) is 0 Å². The summed E-state index contributed by atoms with van der Waals surface area (Å²) in [6, 6.07) is 67.1. The van der Waals surface area contributed by atoms with Crippen LogP contribution < -0.4 is 0 Å². The minimum absolute atomic E-state index is 0.322. The molecule has 0 spiro atoms. The summed E-state index contributed by atoms with van der Waals surface area (Å²) in [7, 11) is 0. The van der Waals surface area contributed by atoms with E-state index in [1.807, 2.05) is 0 Å². The van der Waals surface area contributed by atoms with Crippen LogP contribution in [-0.2, 0) is 0 Å². The summed E-state index contributed by atoms with van der Waals surface area (Å²) in [5.74, 6) is 0.322. The fourth-order valence-corrected chi connectivity index (χ4v) is 9.70. The second kappa shape index (κ2) is 12.6. The van der Waals surface area contributed by atoms with Crippen molar-refractivity contribution in [3.05, 3.63) is 212 Å². The molecule has 1 unspecified atom stereocenters. The van der Waals surface area contributed by atoms with Gasteiger partial charge in [0.2, 0.25) is 0 Å². The van der Waals surface area contributed by atoms with Gasteiger partial charge in [0.25, 0.3) is 0 Å². The molecule has 3 aromatic heterocycles. The SMILES string of the molecule is C1=CCC(c2cc(-c3ccccc3)cc(-n3c4ccccc4c4c(-n5c6ccccc6c6c(-n7c8ccccc8c8ccccc87)cccc65)cccc43)c2)C=C1. The van der Waals surface area contributed by atoms with Crippen LogP contribution in [-0.4, -0.2) is 13.7 Å². The molecule has 0 amide bonds. The Morgan fingerprint density at radius 2 is 0.860 bits per heavy atom. The maximum atomic E-state index is 2.51. The first-order valence-corrected chi connectivity index (χ1v) is 19.9. The summed E-state index contributed by atoms with van der Waals surface area (Å²) in [4.78, 5) is 0. The Morgan fingerprint density at radius 1 is 0.368 bits per heavy atom. The van der Waals surface area contributed by atoms with E-state index in [4.69, 9.17) is 0 Å². The van der Waals surface area contributed by atoms with Crippen molar-refractivity contribution < 1.29 is 0 Å². The molecule has 268 valence electrons. The minimum atomic E-state index is 0.322. The van der Waals surface area contributed by atoms with Gasteiger partial charge in [0.05, 0.1) is 44.5 Å². The molecule has 0 bridgehead atoms. The van der Waals surface area contributed by atoms with E-state index in [1.54, 1.807) is 0 Å². The van der Waals surface area contributed by atoms with Crippen molar-refractivity contribution in [2.75, 3.05) is 0 Å². The van der Waals surface area contributed by atoms with E-state index in [2.05, 4.69) is 220 Å². The lowest BCUT2D eigenvalue weighted by Gasteiger charge is -2.18. The first-order valence-electron chi connectivity index (χ1n) is 19.9. The summed E-state index contributed by atoms with van der Waals surface area (Å²) >= 11 is 0. The Morgan fingerprint density at radius 3 is 1.46 bits per heavy atom. The Labute approximate surface area is 330 Å². The number of para-hydroxylation sites is 4. The molecular weight excluding hydrogens is 691 g/mol. The monoisotopic (exact) mass is 727 g/mol. The van der Waals surface area contributed by atoms with Crippen LogP contribution in [0.4, 0.5) is 0 Å². The van der Waals surface area contributed by atoms with E-state index in [0.29, 0.717) is 5.92 Å². The number of benzene rings is 8. The molecule has 0 radical (unpaired) electrons. The fraction of sp³-hybridized carbons (Fsp3) is 0.0370. The van der Waals surface area contributed by atoms with Crippen molar-refractivity contribution in [3.63, 3.8) is 0 Å². The van der Waals surface area contributed by atoms with Gasteiger partial charge in [-0.1, -0.05) is 146 Å². The van der Waals surface area contributed by atoms with Crippen LogP contribution in [0.2, 0.25) is 0 Å². The van der Waals surface area contributed by atoms with E-state index in [1.165, 1.54) is 99.2 Å². The number of nitrogens with zero attached hydrogens (tertiary/aromatic N) is 3. The van der Waals surface area contributed by atoms with Gasteiger partial charge < -0.3 is 13.7 Å². The average molecular weight is 728 g/mol. The van der Waals surface area contributed by atoms with Gasteiger partial charge >= 0.3 is 0 Å². The molecule has 12 rings (SSSR count). The number of hydrogen-bond acceptors (Lipinski definition) is 0. The van der Waals surface area contributed by atoms with Crippen molar-refractivity contribution in [3.8, 4) is 28.2 Å². The highest BCUT2D eigenvalue weighted by atomic mass is 15.0. The van der Waals surface area contributed by atoms with Crippen molar-refractivity contribution in [1.82, 2.24) is 13.7 Å². The average Bonchev–Trinajstić information content (AvgIpc) is 3.93. The van der Waals surface area contributed by atoms with Crippen molar-refractivity contribution in [1.29, 1.82) is 0 Å². The summed E-state index contributed by atoms with van der Waals surface area (Å²) < 4.78 is 7.46. The van der Waals surface area contributed by atoms with Crippen LogP contribution in [0.1, 0.15) is 17.9 Å². The van der Waals surface area contributed by atoms with Gasteiger partial charge in [-0.3, -0.25) is 0 Å². The Kier molecular flexibility index (Phi) is 7.05. The van der Waals surface area contributed by atoms with E-state index in [9.17, 15) is 0 Å². The van der Waals surface area contributed by atoms with Gasteiger partial charge in [-0.2, -0.15) is 0 Å². The zero-order valence-corrected chi connectivity index (χ0v) is 31.3. The van der Waals surface area contributed by atoms with Gasteiger partial charge in [0.1, 0.15) is 0 Å². The van der Waals surface area contributed by atoms with Crippen LogP contribution in [0.3, 0.4) is 0 Å². The highest BCUT2D eigenvalue weighted by Crippen LogP contribution is 2.43. The molecule has 1 atom stereocenters. The Balaban J connectivity index is 1.15. The van der Waals surface area contributed by atoms with E-state index in [0.717, 1.165) is 6.42 Å². The van der Waals surface area contributed by atoms with Crippen LogP contribution in [0.5, 0.6) is 0 Å². The van der Waals surface area contributed by atoms with Crippen LogP contribution in [0.15, 0.2) is 206 Å². The number of aromatic nitrogens is 3. The van der Waals surface area contributed by atoms with E-state index >= 15 is 0 Å². The Bertz CT molecular complexity index is 3390. The predicted molar refractivity (Wildman–Crippen MR) is 241 cm³/mol. The van der Waals surface area contributed by atoms with Crippen molar-refractivity contribution >= 4 is 65.4 Å². The quantitative estimate of drug-likeness (QED) is 0.168. The first-order chi connectivity index (χ1) is 28.3. The predicted octanol–water partition coefficient (Wildman–Crippen LogP) is 14.2. The molecule has 0 saturated heterocycles. The molecule has 0 aliphatic heterocycles. The third-order valence-electron chi connectivity index (χ3n) is 12.1. The maximum absolute atomic E-state index is 2.51. The third-order valence-corrected chi connectivity index (χ3v) is 12.1. The minimum Gasteiger partial charge on any atom is -0.309 e. The van der Waals surface area contributed by atoms with Crippen LogP contribution in [0, 0.1) is 0 Å². The van der Waals surface area contributed by atoms with Crippen molar-refractivity contribution in [2.45, 2.75) is 12.3 Å². The lowest BCUT2D eigenvalue weighted by molar-refractivity contribution is 0.852. The molecule has 3 heteroatoms. The third kappa shape index (κ3) is 4.79. The lowest BCUT2D eigenvalue weighted by atomic mass is 9.89. The van der Waals surface area contributed by atoms with Gasteiger partial charge in [-0.15, -0.1) is 0 Å². The number of fused-ring (bicyclic) bond motifs is 9. The summed E-state index contributed by atoms with van der Waals surface area (Å²) in [5.41, 5.74) is 14.5.